The SMILES string of the molecule is CCn1nc2c3c1-c1cnc(N)c(c1)O[C@H](C)c1cc(F)ccc1-c1nn(C)cc1[C@H]3CC2C. The Bertz CT molecular complexity index is 1440. The van der Waals surface area contributed by atoms with E-state index in [9.17, 15) is 4.39 Å². The maximum Gasteiger partial charge on any atom is 0.166 e. The molecule has 7 nitrogen and oxygen atoms in total. The van der Waals surface area contributed by atoms with Crippen molar-refractivity contribution in [2.45, 2.75) is 51.7 Å². The Balaban J connectivity index is 1.72. The summed E-state index contributed by atoms with van der Waals surface area (Å²) in [7, 11) is 1.93. The molecule has 6 rings (SSSR count). The molecule has 2 N–H and O–H groups in total. The summed E-state index contributed by atoms with van der Waals surface area (Å²) >= 11 is 0. The number of benzene rings is 1. The lowest BCUT2D eigenvalue weighted by Crippen LogP contribution is -2.11. The topological polar surface area (TPSA) is 83.8 Å². The fourth-order valence-corrected chi connectivity index (χ4v) is 5.59. The minimum absolute atomic E-state index is 0.110. The fraction of sp³-hybridized carbons (Fsp3) is 0.346. The van der Waals surface area contributed by atoms with E-state index in [-0.39, 0.29) is 11.7 Å². The van der Waals surface area contributed by atoms with Gasteiger partial charge in [0.15, 0.2) is 11.6 Å². The molecule has 4 aromatic rings. The van der Waals surface area contributed by atoms with Crippen molar-refractivity contribution in [1.82, 2.24) is 24.5 Å². The molecule has 0 amide bonds. The Hall–Kier alpha value is -3.68. The third-order valence-corrected chi connectivity index (χ3v) is 7.12. The number of halogens is 1. The van der Waals surface area contributed by atoms with Crippen LogP contribution in [-0.4, -0.2) is 24.5 Å². The highest BCUT2D eigenvalue weighted by Gasteiger charge is 2.39. The van der Waals surface area contributed by atoms with Crippen LogP contribution in [0, 0.1) is 5.82 Å². The van der Waals surface area contributed by atoms with Crippen molar-refractivity contribution in [2.24, 2.45) is 7.05 Å². The summed E-state index contributed by atoms with van der Waals surface area (Å²) in [6.07, 6.45) is 4.35. The number of hydrogen-bond acceptors (Lipinski definition) is 5. The Kier molecular flexibility index (Phi) is 4.56. The average molecular weight is 459 g/mol. The summed E-state index contributed by atoms with van der Waals surface area (Å²) in [6.45, 7) is 6.96. The van der Waals surface area contributed by atoms with E-state index in [2.05, 4.69) is 29.7 Å². The number of ether oxygens (including phenoxy) is 1. The molecule has 1 aromatic carbocycles. The average Bonchev–Trinajstić information content (AvgIpc) is 3.47. The van der Waals surface area contributed by atoms with Crippen molar-refractivity contribution in [1.29, 1.82) is 0 Å². The van der Waals surface area contributed by atoms with E-state index in [4.69, 9.17) is 20.7 Å². The molecule has 1 aliphatic heterocycles. The highest BCUT2D eigenvalue weighted by molar-refractivity contribution is 5.75. The molecule has 2 aliphatic rings. The lowest BCUT2D eigenvalue weighted by atomic mass is 9.87. The van der Waals surface area contributed by atoms with Crippen LogP contribution >= 0.6 is 0 Å². The third-order valence-electron chi connectivity index (χ3n) is 7.12. The van der Waals surface area contributed by atoms with E-state index in [0.29, 0.717) is 17.5 Å². The van der Waals surface area contributed by atoms with Gasteiger partial charge in [-0.05, 0) is 44.5 Å². The number of nitrogen functional groups attached to an aromatic ring is 1. The monoisotopic (exact) mass is 458 g/mol. The second-order valence-electron chi connectivity index (χ2n) is 9.36. The van der Waals surface area contributed by atoms with Crippen LogP contribution in [0.15, 0.2) is 36.7 Å². The van der Waals surface area contributed by atoms with E-state index in [1.54, 1.807) is 12.3 Å². The first-order chi connectivity index (χ1) is 16.4. The number of nitrogens with zero attached hydrogens (tertiary/aromatic N) is 5. The maximum atomic E-state index is 14.4. The van der Waals surface area contributed by atoms with Crippen molar-refractivity contribution >= 4 is 5.82 Å². The number of nitrogens with two attached hydrogens (primary N) is 1. The molecule has 0 saturated heterocycles. The molecular weight excluding hydrogens is 431 g/mol. The van der Waals surface area contributed by atoms with Gasteiger partial charge in [-0.2, -0.15) is 10.2 Å². The second kappa shape index (κ2) is 7.41. The van der Waals surface area contributed by atoms with E-state index in [0.717, 1.165) is 52.3 Å². The van der Waals surface area contributed by atoms with Crippen molar-refractivity contribution in [2.75, 3.05) is 5.73 Å². The van der Waals surface area contributed by atoms with Gasteiger partial charge in [-0.25, -0.2) is 9.37 Å². The zero-order valence-corrected chi connectivity index (χ0v) is 19.7. The van der Waals surface area contributed by atoms with Crippen LogP contribution in [0.25, 0.3) is 22.5 Å². The number of hydrogen-bond donors (Lipinski definition) is 1. The molecule has 0 spiro atoms. The Morgan fingerprint density at radius 2 is 2.00 bits per heavy atom. The number of rotatable bonds is 1. The Morgan fingerprint density at radius 3 is 2.79 bits per heavy atom. The number of anilines is 1. The molecule has 4 heterocycles. The first-order valence-corrected chi connectivity index (χ1v) is 11.7. The van der Waals surface area contributed by atoms with Gasteiger partial charge in [0.1, 0.15) is 11.9 Å². The molecular formula is C26H27FN6O. The zero-order valence-electron chi connectivity index (χ0n) is 19.7. The lowest BCUT2D eigenvalue weighted by Gasteiger charge is -2.22. The maximum absolute atomic E-state index is 14.4. The van der Waals surface area contributed by atoms with Gasteiger partial charge in [0.05, 0.1) is 17.1 Å². The summed E-state index contributed by atoms with van der Waals surface area (Å²) in [6, 6.07) is 6.75. The molecule has 8 heteroatoms. The third kappa shape index (κ3) is 2.97. The van der Waals surface area contributed by atoms with Crippen LogP contribution < -0.4 is 10.5 Å². The van der Waals surface area contributed by atoms with Crippen LogP contribution in [0.2, 0.25) is 0 Å². The van der Waals surface area contributed by atoms with Crippen molar-refractivity contribution in [3.8, 4) is 28.3 Å². The standard InChI is InChI=1S/C26H27FN6O/c1-5-33-25-15-9-21(26(28)29-11-15)34-14(3)18-10-16(27)6-7-17(18)24-20(12-32(4)30-24)19-8-13(2)23(31-33)22(19)25/h6-7,9-14,19H,5,8H2,1-4H3,(H2,28,29)/t13?,14-,19-/m1/s1. The Morgan fingerprint density at radius 1 is 1.18 bits per heavy atom. The summed E-state index contributed by atoms with van der Waals surface area (Å²) in [5.74, 6) is 0.866. The van der Waals surface area contributed by atoms with Gasteiger partial charge >= 0.3 is 0 Å². The normalized spacial score (nSPS) is 20.6. The highest BCUT2D eigenvalue weighted by atomic mass is 19.1. The van der Waals surface area contributed by atoms with E-state index < -0.39 is 6.10 Å². The van der Waals surface area contributed by atoms with Crippen LogP contribution in [0.5, 0.6) is 5.75 Å². The molecule has 1 unspecified atom stereocenters. The fourth-order valence-electron chi connectivity index (χ4n) is 5.59. The molecule has 174 valence electrons. The zero-order chi connectivity index (χ0) is 23.7. The minimum atomic E-state index is -0.465. The lowest BCUT2D eigenvalue weighted by molar-refractivity contribution is 0.227. The first-order valence-electron chi connectivity index (χ1n) is 11.7. The summed E-state index contributed by atoms with van der Waals surface area (Å²) in [5.41, 5.74) is 14.0. The van der Waals surface area contributed by atoms with E-state index in [1.807, 2.05) is 24.7 Å². The highest BCUT2D eigenvalue weighted by Crippen LogP contribution is 2.51. The van der Waals surface area contributed by atoms with Crippen LogP contribution in [0.4, 0.5) is 10.2 Å². The molecule has 0 fully saturated rings. The van der Waals surface area contributed by atoms with Gasteiger partial charge < -0.3 is 10.5 Å². The summed E-state index contributed by atoms with van der Waals surface area (Å²) in [5, 5.41) is 9.86. The van der Waals surface area contributed by atoms with Gasteiger partial charge in [-0.1, -0.05) is 6.92 Å². The molecule has 1 aliphatic carbocycles. The minimum Gasteiger partial charge on any atom is -0.482 e. The number of aromatic nitrogens is 5. The van der Waals surface area contributed by atoms with Crippen molar-refractivity contribution in [3.05, 3.63) is 64.9 Å². The van der Waals surface area contributed by atoms with Crippen LogP contribution in [0.1, 0.15) is 67.5 Å². The number of aryl methyl sites for hydroxylation is 2. The van der Waals surface area contributed by atoms with E-state index in [1.165, 1.54) is 17.7 Å². The quantitative estimate of drug-likeness (QED) is 0.425. The second-order valence-corrected chi connectivity index (χ2v) is 9.36. The first kappa shape index (κ1) is 20.9. The largest absolute Gasteiger partial charge is 0.482 e. The molecule has 3 atom stereocenters. The van der Waals surface area contributed by atoms with Gasteiger partial charge in [-0.3, -0.25) is 9.36 Å². The predicted molar refractivity (Wildman–Crippen MR) is 128 cm³/mol. The molecule has 2 bridgehead atoms. The Labute approximate surface area is 197 Å². The predicted octanol–water partition coefficient (Wildman–Crippen LogP) is 5.18. The summed E-state index contributed by atoms with van der Waals surface area (Å²) in [4.78, 5) is 4.45. The van der Waals surface area contributed by atoms with Crippen molar-refractivity contribution in [3.63, 3.8) is 0 Å². The molecule has 3 aromatic heterocycles. The van der Waals surface area contributed by atoms with Gasteiger partial charge in [0.2, 0.25) is 0 Å². The van der Waals surface area contributed by atoms with Crippen LogP contribution in [0.3, 0.4) is 0 Å². The molecule has 34 heavy (non-hydrogen) atoms. The van der Waals surface area contributed by atoms with Crippen LogP contribution in [-0.2, 0) is 13.6 Å². The van der Waals surface area contributed by atoms with E-state index >= 15 is 0 Å². The number of pyridine rings is 1. The summed E-state index contributed by atoms with van der Waals surface area (Å²) < 4.78 is 24.6. The number of fused-ring (bicyclic) bond motifs is 7. The smallest absolute Gasteiger partial charge is 0.166 e. The van der Waals surface area contributed by atoms with Gasteiger partial charge in [-0.15, -0.1) is 0 Å². The van der Waals surface area contributed by atoms with Gasteiger partial charge in [0.25, 0.3) is 0 Å². The molecule has 0 saturated carbocycles. The van der Waals surface area contributed by atoms with Gasteiger partial charge in [0, 0.05) is 65.6 Å². The molecule has 0 radical (unpaired) electrons. The van der Waals surface area contributed by atoms with Crippen molar-refractivity contribution < 1.29 is 9.13 Å².